The molecule has 0 aromatic carbocycles. The quantitative estimate of drug-likeness (QED) is 0.358. The van der Waals surface area contributed by atoms with Crippen LogP contribution in [0.1, 0.15) is 26.2 Å². The molecule has 0 saturated carbocycles. The third-order valence-electron chi connectivity index (χ3n) is 1.64. The Morgan fingerprint density at radius 1 is 1.64 bits per heavy atom. The molecule has 6 heteroatoms. The van der Waals surface area contributed by atoms with E-state index < -0.39 is 17.9 Å². The van der Waals surface area contributed by atoms with Gasteiger partial charge in [0.15, 0.2) is 0 Å². The molecule has 0 aliphatic carbocycles. The van der Waals surface area contributed by atoms with Gasteiger partial charge >= 0.3 is 18.1 Å². The van der Waals surface area contributed by atoms with Crippen LogP contribution < -0.4 is 5.32 Å². The summed E-state index contributed by atoms with van der Waals surface area (Å²) >= 11 is 0. The van der Waals surface area contributed by atoms with Crippen molar-refractivity contribution < 1.29 is 19.5 Å². The topological polar surface area (TPSA) is 103 Å². The third-order valence-corrected chi connectivity index (χ3v) is 1.64. The maximum atomic E-state index is 10.8. The molecule has 6 nitrogen and oxygen atoms in total. The smallest absolute Gasteiger partial charge is 0.344 e. The minimum Gasteiger partial charge on any atom is -0.480 e. The molecule has 0 aromatic heterocycles. The van der Waals surface area contributed by atoms with Gasteiger partial charge in [0.25, 0.3) is 0 Å². The Kier molecular flexibility index (Phi) is 5.98. The fraction of sp³-hybridized carbons (Fsp3) is 0.625. The van der Waals surface area contributed by atoms with Gasteiger partial charge in [0.2, 0.25) is 0 Å². The number of nitrogens with zero attached hydrogens (tertiary/aromatic N) is 2. The van der Waals surface area contributed by atoms with Crippen molar-refractivity contribution in [1.29, 1.82) is 0 Å². The number of carboxylic acid groups (broad SMARTS) is 1. The summed E-state index contributed by atoms with van der Waals surface area (Å²) in [4.78, 5) is 24.0. The van der Waals surface area contributed by atoms with Crippen molar-refractivity contribution in [2.24, 2.45) is 0 Å². The summed E-state index contributed by atoms with van der Waals surface area (Å²) in [6, 6.07) is -0.916. The summed E-state index contributed by atoms with van der Waals surface area (Å²) in [5.41, 5.74) is 8.03. The van der Waals surface area contributed by atoms with Crippen LogP contribution in [0.15, 0.2) is 0 Å². The number of aliphatic carboxylic acids is 1. The Hall–Kier alpha value is -1.68. The van der Waals surface area contributed by atoms with Gasteiger partial charge in [-0.3, -0.25) is 4.79 Å². The van der Waals surface area contributed by atoms with Crippen molar-refractivity contribution >= 4 is 18.1 Å². The van der Waals surface area contributed by atoms with Gasteiger partial charge < -0.3 is 16.0 Å². The SMILES string of the molecule is CCCC[C@H](NC(=O)C=[N+]=[N-])C(=O)O. The minimum absolute atomic E-state index is 0.372. The highest BCUT2D eigenvalue weighted by atomic mass is 16.4. The van der Waals surface area contributed by atoms with E-state index in [1.807, 2.05) is 6.92 Å². The largest absolute Gasteiger partial charge is 0.480 e. The molecule has 0 rings (SSSR count). The van der Waals surface area contributed by atoms with Crippen LogP contribution >= 0.6 is 0 Å². The molecule has 0 aliphatic rings. The second-order valence-corrected chi connectivity index (χ2v) is 2.79. The Balaban J connectivity index is 4.15. The van der Waals surface area contributed by atoms with E-state index in [0.29, 0.717) is 19.1 Å². The molecule has 0 radical (unpaired) electrons. The van der Waals surface area contributed by atoms with Crippen LogP contribution in [-0.2, 0) is 9.59 Å². The number of unbranched alkanes of at least 4 members (excludes halogenated alkanes) is 1. The molecule has 0 saturated heterocycles. The fourth-order valence-corrected chi connectivity index (χ4v) is 0.927. The predicted octanol–water partition coefficient (Wildman–Crippen LogP) is 0.0466. The molecule has 0 unspecified atom stereocenters. The first-order valence-electron chi connectivity index (χ1n) is 4.32. The van der Waals surface area contributed by atoms with E-state index in [0.717, 1.165) is 6.42 Å². The second kappa shape index (κ2) is 6.80. The predicted molar refractivity (Wildman–Crippen MR) is 48.8 cm³/mol. The number of carbonyl (C=O) groups is 2. The van der Waals surface area contributed by atoms with Gasteiger partial charge in [-0.1, -0.05) is 19.8 Å². The summed E-state index contributed by atoms with van der Waals surface area (Å²) in [7, 11) is 0. The minimum atomic E-state index is -1.09. The molecule has 1 atom stereocenters. The molecule has 14 heavy (non-hydrogen) atoms. The lowest BCUT2D eigenvalue weighted by Crippen LogP contribution is -2.41. The van der Waals surface area contributed by atoms with Crippen LogP contribution in [0.25, 0.3) is 5.53 Å². The third kappa shape index (κ3) is 5.05. The lowest BCUT2D eigenvalue weighted by Gasteiger charge is -2.10. The number of nitrogens with one attached hydrogen (secondary N) is 1. The van der Waals surface area contributed by atoms with E-state index in [2.05, 4.69) is 10.1 Å². The van der Waals surface area contributed by atoms with E-state index in [9.17, 15) is 9.59 Å². The van der Waals surface area contributed by atoms with E-state index >= 15 is 0 Å². The number of carboxylic acids is 1. The summed E-state index contributed by atoms with van der Waals surface area (Å²) in [5.74, 6) is -1.80. The number of hydrogen-bond donors (Lipinski definition) is 2. The maximum absolute atomic E-state index is 10.8. The highest BCUT2D eigenvalue weighted by molar-refractivity contribution is 6.24. The van der Waals surface area contributed by atoms with Crippen molar-refractivity contribution in [1.82, 2.24) is 5.32 Å². The summed E-state index contributed by atoms with van der Waals surface area (Å²) in [5, 5.41) is 10.9. The lowest BCUT2D eigenvalue weighted by atomic mass is 10.1. The number of carbonyl (C=O) groups excluding carboxylic acids is 1. The van der Waals surface area contributed by atoms with Gasteiger partial charge in [-0.2, -0.15) is 4.79 Å². The molecule has 78 valence electrons. The number of amides is 1. The number of hydrogen-bond acceptors (Lipinski definition) is 2. The molecule has 2 N–H and O–H groups in total. The fourth-order valence-electron chi connectivity index (χ4n) is 0.927. The lowest BCUT2D eigenvalue weighted by molar-refractivity contribution is -0.141. The molecule has 0 spiro atoms. The van der Waals surface area contributed by atoms with Gasteiger partial charge in [-0.15, -0.1) is 0 Å². The highest BCUT2D eigenvalue weighted by Crippen LogP contribution is 2.00. The average molecular weight is 199 g/mol. The first-order chi connectivity index (χ1) is 6.61. The molecule has 0 heterocycles. The van der Waals surface area contributed by atoms with Crippen molar-refractivity contribution in [3.8, 4) is 0 Å². The van der Waals surface area contributed by atoms with Crippen molar-refractivity contribution in [3.63, 3.8) is 0 Å². The zero-order valence-corrected chi connectivity index (χ0v) is 7.93. The van der Waals surface area contributed by atoms with Crippen LogP contribution in [0.3, 0.4) is 0 Å². The Labute approximate surface area is 81.5 Å². The van der Waals surface area contributed by atoms with Crippen LogP contribution in [0.4, 0.5) is 0 Å². The monoisotopic (exact) mass is 199 g/mol. The molecule has 0 aliphatic heterocycles. The normalized spacial score (nSPS) is 11.2. The number of rotatable bonds is 6. The molecule has 0 bridgehead atoms. The van der Waals surface area contributed by atoms with Gasteiger partial charge in [-0.05, 0) is 6.42 Å². The van der Waals surface area contributed by atoms with Crippen LogP contribution in [0.5, 0.6) is 0 Å². The average Bonchev–Trinajstić information content (AvgIpc) is 2.12. The zero-order chi connectivity index (χ0) is 11.0. The van der Waals surface area contributed by atoms with Crippen LogP contribution in [0.2, 0.25) is 0 Å². The van der Waals surface area contributed by atoms with Crippen LogP contribution in [-0.4, -0.2) is 34.0 Å². The molecular formula is C8H13N3O3. The Morgan fingerprint density at radius 3 is 2.71 bits per heavy atom. The summed E-state index contributed by atoms with van der Waals surface area (Å²) < 4.78 is 0. The zero-order valence-electron chi connectivity index (χ0n) is 7.93. The van der Waals surface area contributed by atoms with E-state index in [1.54, 1.807) is 0 Å². The van der Waals surface area contributed by atoms with Gasteiger partial charge in [0, 0.05) is 0 Å². The van der Waals surface area contributed by atoms with E-state index in [-0.39, 0.29) is 0 Å². The van der Waals surface area contributed by atoms with Crippen LogP contribution in [0, 0.1) is 0 Å². The summed E-state index contributed by atoms with van der Waals surface area (Å²) in [6.07, 6.45) is 2.57. The highest BCUT2D eigenvalue weighted by Gasteiger charge is 2.19. The Bertz CT molecular complexity index is 259. The molecule has 0 fully saturated rings. The first-order valence-corrected chi connectivity index (χ1v) is 4.32. The van der Waals surface area contributed by atoms with Gasteiger partial charge in [0.1, 0.15) is 6.04 Å². The second-order valence-electron chi connectivity index (χ2n) is 2.79. The standard InChI is InChI=1S/C8H13N3O3/c1-2-3-4-6(8(13)14)11-7(12)5-10-9/h5-6H,2-4H2,1H3,(H,11,12)(H,13,14)/t6-/m0/s1. The van der Waals surface area contributed by atoms with Crippen molar-refractivity contribution in [2.75, 3.05) is 0 Å². The van der Waals surface area contributed by atoms with Crippen molar-refractivity contribution in [3.05, 3.63) is 5.53 Å². The van der Waals surface area contributed by atoms with Crippen molar-refractivity contribution in [2.45, 2.75) is 32.2 Å². The van der Waals surface area contributed by atoms with Gasteiger partial charge in [0.05, 0.1) is 0 Å². The first kappa shape index (κ1) is 12.3. The maximum Gasteiger partial charge on any atom is 0.344 e. The molecule has 1 amide bonds. The summed E-state index contributed by atoms with van der Waals surface area (Å²) in [6.45, 7) is 1.93. The molecule has 0 aromatic rings. The van der Waals surface area contributed by atoms with Gasteiger partial charge in [-0.25, -0.2) is 4.79 Å². The molecular weight excluding hydrogens is 186 g/mol. The van der Waals surface area contributed by atoms with E-state index in [4.69, 9.17) is 10.6 Å². The Morgan fingerprint density at radius 2 is 2.29 bits per heavy atom. The van der Waals surface area contributed by atoms with E-state index in [1.165, 1.54) is 0 Å².